The van der Waals surface area contributed by atoms with E-state index in [2.05, 4.69) is 15.0 Å². The molecule has 3 rings (SSSR count). The highest BCUT2D eigenvalue weighted by atomic mass is 32.2. The molecule has 0 radical (unpaired) electrons. The molecule has 3 heterocycles. The first-order valence-corrected chi connectivity index (χ1v) is 12.0. The van der Waals surface area contributed by atoms with Crippen LogP contribution in [0.2, 0.25) is 0 Å². The van der Waals surface area contributed by atoms with Crippen LogP contribution in [0.5, 0.6) is 0 Å². The Morgan fingerprint density at radius 3 is 2.82 bits per heavy atom. The first-order valence-electron chi connectivity index (χ1n) is 8.93. The molecule has 156 valence electrons. The van der Waals surface area contributed by atoms with E-state index in [0.29, 0.717) is 42.1 Å². The van der Waals surface area contributed by atoms with Crippen molar-refractivity contribution in [2.24, 2.45) is 0 Å². The minimum Gasteiger partial charge on any atom is -0.382 e. The van der Waals surface area contributed by atoms with Gasteiger partial charge < -0.3 is 25.0 Å². The van der Waals surface area contributed by atoms with E-state index in [9.17, 15) is 18.6 Å². The van der Waals surface area contributed by atoms with Crippen LogP contribution in [0, 0.1) is 0 Å². The maximum atomic E-state index is 11.9. The number of imidazole rings is 1. The molecule has 1 fully saturated rings. The van der Waals surface area contributed by atoms with Gasteiger partial charge in [-0.25, -0.2) is 15.0 Å². The molecule has 13 heteroatoms. The van der Waals surface area contributed by atoms with Gasteiger partial charge in [-0.2, -0.15) is 0 Å². The van der Waals surface area contributed by atoms with Crippen LogP contribution in [0.3, 0.4) is 0 Å². The van der Waals surface area contributed by atoms with Gasteiger partial charge >= 0.3 is 7.60 Å². The van der Waals surface area contributed by atoms with Crippen molar-refractivity contribution in [2.75, 3.05) is 18.1 Å². The van der Waals surface area contributed by atoms with Crippen molar-refractivity contribution in [1.29, 1.82) is 0 Å². The fourth-order valence-corrected chi connectivity index (χ4v) is 5.49. The molecule has 1 aliphatic heterocycles. The molecule has 0 amide bonds. The zero-order valence-corrected chi connectivity index (χ0v) is 17.3. The number of hydrogen-bond acceptors (Lipinski definition) is 8. The smallest absolute Gasteiger partial charge is 0.366 e. The maximum Gasteiger partial charge on any atom is 0.366 e. The molecule has 0 aromatic carbocycles. The summed E-state index contributed by atoms with van der Waals surface area (Å²) in [5.41, 5.74) is 7.02. The van der Waals surface area contributed by atoms with Gasteiger partial charge in [-0.1, -0.05) is 13.8 Å². The minimum atomic E-state index is -4.64. The van der Waals surface area contributed by atoms with Crippen LogP contribution in [0.1, 0.15) is 38.7 Å². The molecule has 0 saturated carbocycles. The molecule has 4 atom stereocenters. The molecule has 0 spiro atoms. The Labute approximate surface area is 164 Å². The molecular weight excluding hydrogens is 409 g/mol. The first-order chi connectivity index (χ1) is 13.2. The number of aromatic nitrogens is 4. The van der Waals surface area contributed by atoms with Gasteiger partial charge in [-0.05, 0) is 12.8 Å². The Kier molecular flexibility index (Phi) is 6.47. The Balaban J connectivity index is 1.70. The number of aryl methyl sites for hydroxylation is 1. The van der Waals surface area contributed by atoms with Crippen LogP contribution >= 0.6 is 7.60 Å². The lowest BCUT2D eigenvalue weighted by Crippen LogP contribution is -2.26. The predicted molar refractivity (Wildman–Crippen MR) is 103 cm³/mol. The van der Waals surface area contributed by atoms with Gasteiger partial charge in [0.25, 0.3) is 0 Å². The molecule has 1 aliphatic rings. The number of nitrogens with zero attached hydrogens (tertiary/aromatic N) is 4. The summed E-state index contributed by atoms with van der Waals surface area (Å²) in [7, 11) is -6.42. The third-order valence-electron chi connectivity index (χ3n) is 4.42. The Morgan fingerprint density at radius 2 is 2.18 bits per heavy atom. The van der Waals surface area contributed by atoms with E-state index in [-0.39, 0.29) is 18.6 Å². The quantitative estimate of drug-likeness (QED) is 0.510. The van der Waals surface area contributed by atoms with E-state index < -0.39 is 29.7 Å². The van der Waals surface area contributed by atoms with E-state index in [4.69, 9.17) is 15.2 Å². The summed E-state index contributed by atoms with van der Waals surface area (Å²) < 4.78 is 36.4. The van der Waals surface area contributed by atoms with Gasteiger partial charge in [0.05, 0.1) is 29.8 Å². The van der Waals surface area contributed by atoms with Crippen LogP contribution < -0.4 is 5.73 Å². The van der Waals surface area contributed by atoms with Gasteiger partial charge in [0.15, 0.2) is 11.5 Å². The molecule has 2 aromatic rings. The SMILES string of the molecule is CCc1nc(N)c2ncn(C3CCC(COC(S(=O)CC)P(=O)(O)O)O3)c2n1. The van der Waals surface area contributed by atoms with Crippen LogP contribution in [0.15, 0.2) is 6.33 Å². The summed E-state index contributed by atoms with van der Waals surface area (Å²) >= 11 is 0. The van der Waals surface area contributed by atoms with Crippen LogP contribution in [-0.4, -0.2) is 57.2 Å². The molecule has 0 bridgehead atoms. The number of nitrogens with two attached hydrogens (primary N) is 1. The van der Waals surface area contributed by atoms with Crippen molar-refractivity contribution in [1.82, 2.24) is 19.5 Å². The number of nitrogen functional groups attached to an aromatic ring is 1. The van der Waals surface area contributed by atoms with Gasteiger partial charge in [0.2, 0.25) is 5.18 Å². The molecular formula is C15H24N5O6PS. The third-order valence-corrected chi connectivity index (χ3v) is 7.80. The van der Waals surface area contributed by atoms with E-state index >= 15 is 0 Å². The summed E-state index contributed by atoms with van der Waals surface area (Å²) in [4.78, 5) is 31.7. The average molecular weight is 433 g/mol. The van der Waals surface area contributed by atoms with Crippen molar-refractivity contribution in [3.05, 3.63) is 12.2 Å². The monoisotopic (exact) mass is 433 g/mol. The topological polar surface area (TPSA) is 163 Å². The van der Waals surface area contributed by atoms with Gasteiger partial charge in [-0.3, -0.25) is 13.3 Å². The lowest BCUT2D eigenvalue weighted by Gasteiger charge is -2.20. The largest absolute Gasteiger partial charge is 0.382 e. The van der Waals surface area contributed by atoms with Crippen molar-refractivity contribution in [2.45, 2.75) is 50.6 Å². The van der Waals surface area contributed by atoms with Crippen molar-refractivity contribution < 1.29 is 28.0 Å². The average Bonchev–Trinajstić information content (AvgIpc) is 3.27. The molecule has 11 nitrogen and oxygen atoms in total. The van der Waals surface area contributed by atoms with Crippen LogP contribution in [0.25, 0.3) is 11.2 Å². The summed E-state index contributed by atoms with van der Waals surface area (Å²) in [6.45, 7) is 3.44. The molecule has 4 N–H and O–H groups in total. The normalized spacial score (nSPS) is 22.6. The number of rotatable bonds is 8. The number of ether oxygens (including phenoxy) is 2. The second kappa shape index (κ2) is 8.52. The van der Waals surface area contributed by atoms with Crippen molar-refractivity contribution >= 4 is 35.4 Å². The van der Waals surface area contributed by atoms with E-state index in [1.165, 1.54) is 0 Å². The first kappa shape index (κ1) is 21.3. The standard InChI is InChI=1S/C15H24N5O6PS/c1-3-10-18-13(16)12-14(19-10)20(8-17-12)11-6-5-9(26-11)7-25-15(27(21,22)23)28(24)4-2/h8-9,11,15H,3-7H2,1-2H3,(H2,16,18,19)(H2,21,22,23). The molecule has 1 saturated heterocycles. The van der Waals surface area contributed by atoms with Crippen LogP contribution in [0.4, 0.5) is 5.82 Å². The Bertz CT molecular complexity index is 918. The lowest BCUT2D eigenvalue weighted by atomic mass is 10.2. The van der Waals surface area contributed by atoms with E-state index in [1.54, 1.807) is 17.8 Å². The molecule has 4 unspecified atom stereocenters. The van der Waals surface area contributed by atoms with Gasteiger partial charge in [-0.15, -0.1) is 0 Å². The number of hydrogen-bond donors (Lipinski definition) is 3. The Hall–Kier alpha value is -1.43. The highest BCUT2D eigenvalue weighted by molar-refractivity contribution is 7.92. The maximum absolute atomic E-state index is 11.9. The predicted octanol–water partition coefficient (Wildman–Crippen LogP) is 0.895. The molecule has 2 aromatic heterocycles. The summed E-state index contributed by atoms with van der Waals surface area (Å²) in [5.74, 6) is 1.01. The fraction of sp³-hybridized carbons (Fsp3) is 0.667. The minimum absolute atomic E-state index is 0.0675. The van der Waals surface area contributed by atoms with Crippen molar-refractivity contribution in [3.8, 4) is 0 Å². The lowest BCUT2D eigenvalue weighted by molar-refractivity contribution is -0.0386. The molecule has 28 heavy (non-hydrogen) atoms. The zero-order valence-electron chi connectivity index (χ0n) is 15.6. The number of fused-ring (bicyclic) bond motifs is 1. The third kappa shape index (κ3) is 4.42. The van der Waals surface area contributed by atoms with E-state index in [0.717, 1.165) is 0 Å². The number of anilines is 1. The highest BCUT2D eigenvalue weighted by Crippen LogP contribution is 2.44. The second-order valence-corrected chi connectivity index (χ2v) is 10.2. The zero-order chi connectivity index (χ0) is 20.5. The van der Waals surface area contributed by atoms with Gasteiger partial charge in [0, 0.05) is 12.2 Å². The van der Waals surface area contributed by atoms with E-state index in [1.807, 2.05) is 6.92 Å². The van der Waals surface area contributed by atoms with Crippen molar-refractivity contribution in [3.63, 3.8) is 0 Å². The highest BCUT2D eigenvalue weighted by Gasteiger charge is 2.37. The van der Waals surface area contributed by atoms with Crippen LogP contribution in [-0.2, 0) is 31.3 Å². The summed E-state index contributed by atoms with van der Waals surface area (Å²) in [6.07, 6.45) is 2.72. The second-order valence-electron chi connectivity index (χ2n) is 6.39. The van der Waals surface area contributed by atoms with Gasteiger partial charge in [0.1, 0.15) is 17.6 Å². The summed E-state index contributed by atoms with van der Waals surface area (Å²) in [6, 6.07) is 0. The summed E-state index contributed by atoms with van der Waals surface area (Å²) in [5, 5.41) is -1.64. The Morgan fingerprint density at radius 1 is 1.43 bits per heavy atom. The fourth-order valence-electron chi connectivity index (χ4n) is 3.03. The molecule has 0 aliphatic carbocycles.